The molecule has 1 unspecified atom stereocenters. The number of carbonyl (C=O) groups excluding carboxylic acids is 1. The summed E-state index contributed by atoms with van der Waals surface area (Å²) in [5.74, 6) is 0.866. The first kappa shape index (κ1) is 16.3. The van der Waals surface area contributed by atoms with Crippen LogP contribution in [0.5, 0.6) is 0 Å². The first-order valence-electron chi connectivity index (χ1n) is 9.21. The van der Waals surface area contributed by atoms with Crippen LogP contribution in [0.2, 0.25) is 0 Å². The predicted molar refractivity (Wildman–Crippen MR) is 98.6 cm³/mol. The van der Waals surface area contributed by atoms with Crippen LogP contribution in [0.4, 0.5) is 5.82 Å². The van der Waals surface area contributed by atoms with Crippen LogP contribution in [0.25, 0.3) is 10.9 Å². The quantitative estimate of drug-likeness (QED) is 0.898. The molecule has 4 rings (SSSR count). The van der Waals surface area contributed by atoms with Gasteiger partial charge in [0.15, 0.2) is 0 Å². The lowest BCUT2D eigenvalue weighted by Gasteiger charge is -2.35. The molecule has 2 N–H and O–H groups in total. The summed E-state index contributed by atoms with van der Waals surface area (Å²) >= 11 is 0. The number of aryl methyl sites for hydroxylation is 1. The Hall–Kier alpha value is -2.14. The molecule has 5 heteroatoms. The standard InChI is InChI=1S/C20H25N3O2/c1-13-12-15-4-2-3-5-17(15)22-19(13)23-10-8-14(9-11-23)18(24)20(25)21-16-6-7-16/h2-5,12,14,16,18,24H,6-11H2,1H3,(H,21,25). The number of nitrogens with zero attached hydrogens (tertiary/aromatic N) is 2. The van der Waals surface area contributed by atoms with Gasteiger partial charge in [-0.25, -0.2) is 4.98 Å². The lowest BCUT2D eigenvalue weighted by atomic mass is 9.90. The lowest BCUT2D eigenvalue weighted by Crippen LogP contribution is -2.45. The molecule has 1 aromatic heterocycles. The van der Waals surface area contributed by atoms with Crippen molar-refractivity contribution in [2.75, 3.05) is 18.0 Å². The fraction of sp³-hybridized carbons (Fsp3) is 0.500. The van der Waals surface area contributed by atoms with Crippen molar-refractivity contribution >= 4 is 22.6 Å². The summed E-state index contributed by atoms with van der Waals surface area (Å²) < 4.78 is 0. The Morgan fingerprint density at radius 2 is 1.96 bits per heavy atom. The highest BCUT2D eigenvalue weighted by molar-refractivity contribution is 5.82. The molecule has 5 nitrogen and oxygen atoms in total. The number of aromatic nitrogens is 1. The number of amides is 1. The smallest absolute Gasteiger partial charge is 0.249 e. The van der Waals surface area contributed by atoms with Gasteiger partial charge in [-0.15, -0.1) is 0 Å². The van der Waals surface area contributed by atoms with E-state index in [0.29, 0.717) is 6.04 Å². The minimum Gasteiger partial charge on any atom is -0.383 e. The third-order valence-electron chi connectivity index (χ3n) is 5.37. The van der Waals surface area contributed by atoms with Crippen LogP contribution >= 0.6 is 0 Å². The van der Waals surface area contributed by atoms with E-state index in [-0.39, 0.29) is 11.8 Å². The fourth-order valence-electron chi connectivity index (χ4n) is 3.69. The van der Waals surface area contributed by atoms with E-state index in [0.717, 1.165) is 55.5 Å². The van der Waals surface area contributed by atoms with E-state index < -0.39 is 6.10 Å². The maximum Gasteiger partial charge on any atom is 0.249 e. The lowest BCUT2D eigenvalue weighted by molar-refractivity contribution is -0.132. The topological polar surface area (TPSA) is 65.5 Å². The van der Waals surface area contributed by atoms with E-state index in [1.54, 1.807) is 0 Å². The zero-order valence-corrected chi connectivity index (χ0v) is 14.6. The van der Waals surface area contributed by atoms with Gasteiger partial charge in [-0.3, -0.25) is 4.79 Å². The molecule has 1 atom stereocenters. The van der Waals surface area contributed by atoms with Gasteiger partial charge in [-0.2, -0.15) is 0 Å². The number of carbonyl (C=O) groups is 1. The van der Waals surface area contributed by atoms with Crippen molar-refractivity contribution in [3.63, 3.8) is 0 Å². The summed E-state index contributed by atoms with van der Waals surface area (Å²) in [6.45, 7) is 3.74. The van der Waals surface area contributed by atoms with Crippen LogP contribution in [-0.2, 0) is 4.79 Å². The highest BCUT2D eigenvalue weighted by atomic mass is 16.3. The first-order valence-corrected chi connectivity index (χ1v) is 9.21. The summed E-state index contributed by atoms with van der Waals surface area (Å²) in [6.07, 6.45) is 2.84. The SMILES string of the molecule is Cc1cc2ccccc2nc1N1CCC(C(O)C(=O)NC2CC2)CC1. The van der Waals surface area contributed by atoms with Crippen molar-refractivity contribution in [1.29, 1.82) is 0 Å². The Morgan fingerprint density at radius 1 is 1.24 bits per heavy atom. The summed E-state index contributed by atoms with van der Waals surface area (Å²) in [6, 6.07) is 10.6. The summed E-state index contributed by atoms with van der Waals surface area (Å²) in [5.41, 5.74) is 2.18. The maximum atomic E-state index is 12.1. The van der Waals surface area contributed by atoms with Crippen molar-refractivity contribution < 1.29 is 9.90 Å². The number of benzene rings is 1. The fourth-order valence-corrected chi connectivity index (χ4v) is 3.69. The van der Waals surface area contributed by atoms with E-state index >= 15 is 0 Å². The first-order chi connectivity index (χ1) is 12.1. The number of rotatable bonds is 4. The molecule has 2 aliphatic rings. The molecular weight excluding hydrogens is 314 g/mol. The highest BCUT2D eigenvalue weighted by Gasteiger charge is 2.33. The Kier molecular flexibility index (Phi) is 4.34. The summed E-state index contributed by atoms with van der Waals surface area (Å²) in [4.78, 5) is 19.2. The number of aliphatic hydroxyl groups is 1. The normalized spacial score (nSPS) is 19.8. The van der Waals surface area contributed by atoms with Gasteiger partial charge in [0.25, 0.3) is 0 Å². The molecule has 132 valence electrons. The second-order valence-corrected chi connectivity index (χ2v) is 7.37. The van der Waals surface area contributed by atoms with Gasteiger partial charge < -0.3 is 15.3 Å². The number of piperidine rings is 1. The van der Waals surface area contributed by atoms with E-state index in [9.17, 15) is 9.90 Å². The Bertz CT molecular complexity index is 780. The molecule has 25 heavy (non-hydrogen) atoms. The van der Waals surface area contributed by atoms with E-state index in [4.69, 9.17) is 4.98 Å². The molecule has 0 radical (unpaired) electrons. The zero-order valence-electron chi connectivity index (χ0n) is 14.6. The Balaban J connectivity index is 1.43. The number of aliphatic hydroxyl groups excluding tert-OH is 1. The Labute approximate surface area is 148 Å². The average molecular weight is 339 g/mol. The molecule has 1 aliphatic heterocycles. The van der Waals surface area contributed by atoms with Crippen LogP contribution < -0.4 is 10.2 Å². The number of hydrogen-bond acceptors (Lipinski definition) is 4. The summed E-state index contributed by atoms with van der Waals surface area (Å²) in [7, 11) is 0. The molecule has 2 aromatic rings. The summed E-state index contributed by atoms with van der Waals surface area (Å²) in [5, 5.41) is 14.4. The number of para-hydroxylation sites is 1. The third-order valence-corrected chi connectivity index (χ3v) is 5.37. The minimum absolute atomic E-state index is 0.0377. The Morgan fingerprint density at radius 3 is 2.68 bits per heavy atom. The van der Waals surface area contributed by atoms with Crippen LogP contribution in [0.3, 0.4) is 0 Å². The molecule has 2 fully saturated rings. The minimum atomic E-state index is -0.881. The van der Waals surface area contributed by atoms with E-state index in [1.807, 2.05) is 18.2 Å². The van der Waals surface area contributed by atoms with Crippen molar-refractivity contribution in [1.82, 2.24) is 10.3 Å². The van der Waals surface area contributed by atoms with Crippen molar-refractivity contribution in [2.45, 2.75) is 44.8 Å². The van der Waals surface area contributed by atoms with Gasteiger partial charge in [-0.1, -0.05) is 18.2 Å². The van der Waals surface area contributed by atoms with Gasteiger partial charge in [0.1, 0.15) is 11.9 Å². The van der Waals surface area contributed by atoms with Gasteiger partial charge in [-0.05, 0) is 56.2 Å². The van der Waals surface area contributed by atoms with Gasteiger partial charge in [0.05, 0.1) is 5.52 Å². The van der Waals surface area contributed by atoms with Crippen molar-refractivity contribution in [3.05, 3.63) is 35.9 Å². The molecular formula is C20H25N3O2. The molecule has 1 aliphatic carbocycles. The average Bonchev–Trinajstić information content (AvgIpc) is 3.44. The van der Waals surface area contributed by atoms with Crippen LogP contribution in [0.1, 0.15) is 31.2 Å². The van der Waals surface area contributed by atoms with E-state index in [1.165, 1.54) is 5.56 Å². The second-order valence-electron chi connectivity index (χ2n) is 7.37. The molecule has 2 heterocycles. The van der Waals surface area contributed by atoms with Crippen molar-refractivity contribution in [2.24, 2.45) is 5.92 Å². The highest BCUT2D eigenvalue weighted by Crippen LogP contribution is 2.29. The third kappa shape index (κ3) is 3.47. The second kappa shape index (κ2) is 6.64. The molecule has 0 bridgehead atoms. The molecule has 1 saturated carbocycles. The molecule has 1 aromatic carbocycles. The molecule has 0 spiro atoms. The monoisotopic (exact) mass is 339 g/mol. The number of anilines is 1. The van der Waals surface area contributed by atoms with Crippen molar-refractivity contribution in [3.8, 4) is 0 Å². The largest absolute Gasteiger partial charge is 0.383 e. The van der Waals surface area contributed by atoms with Gasteiger partial charge in [0, 0.05) is 24.5 Å². The maximum absolute atomic E-state index is 12.1. The zero-order chi connectivity index (χ0) is 17.4. The number of hydrogen-bond donors (Lipinski definition) is 2. The number of nitrogens with one attached hydrogen (secondary N) is 1. The van der Waals surface area contributed by atoms with Crippen LogP contribution in [0.15, 0.2) is 30.3 Å². The van der Waals surface area contributed by atoms with E-state index in [2.05, 4.69) is 29.3 Å². The van der Waals surface area contributed by atoms with Crippen LogP contribution in [-0.4, -0.2) is 41.2 Å². The molecule has 1 saturated heterocycles. The number of pyridine rings is 1. The van der Waals surface area contributed by atoms with Gasteiger partial charge in [0.2, 0.25) is 5.91 Å². The molecule has 1 amide bonds. The van der Waals surface area contributed by atoms with Crippen LogP contribution in [0, 0.1) is 12.8 Å². The van der Waals surface area contributed by atoms with Gasteiger partial charge >= 0.3 is 0 Å². The number of fused-ring (bicyclic) bond motifs is 1. The predicted octanol–water partition coefficient (Wildman–Crippen LogP) is 2.40.